The number of hydrogen-bond acceptors (Lipinski definition) is 1. The highest BCUT2D eigenvalue weighted by Gasteiger charge is 2.22. The summed E-state index contributed by atoms with van der Waals surface area (Å²) in [5.74, 6) is 0.298. The second-order valence-corrected chi connectivity index (χ2v) is 4.38. The number of alkyl halides is 1. The zero-order valence-corrected chi connectivity index (χ0v) is 9.20. The number of carbonyl (C=O) groups excluding carboxylic acids is 1. The highest BCUT2D eigenvalue weighted by molar-refractivity contribution is 9.09. The molecule has 0 aliphatic carbocycles. The first-order valence-electron chi connectivity index (χ1n) is 4.07. The maximum atomic E-state index is 11.0. The number of ketones is 1. The lowest BCUT2D eigenvalue weighted by atomic mass is 9.84. The minimum atomic E-state index is -0.109. The summed E-state index contributed by atoms with van der Waals surface area (Å²) >= 11 is 3.37. The Hall–Kier alpha value is 0.150. The maximum Gasteiger partial charge on any atom is 0.135 e. The molecule has 0 unspecified atom stereocenters. The van der Waals surface area contributed by atoms with E-state index in [0.29, 0.717) is 5.78 Å². The van der Waals surface area contributed by atoms with Crippen molar-refractivity contribution in [2.75, 3.05) is 5.33 Å². The minimum absolute atomic E-state index is 0.109. The summed E-state index contributed by atoms with van der Waals surface area (Å²) in [5, 5.41) is 1.04. The second-order valence-electron chi connectivity index (χ2n) is 3.59. The van der Waals surface area contributed by atoms with Crippen LogP contribution in [0.25, 0.3) is 0 Å². The Labute approximate surface area is 77.7 Å². The fraction of sp³-hybridized carbons (Fsp3) is 0.889. The average Bonchev–Trinajstić information content (AvgIpc) is 1.88. The fourth-order valence-electron chi connectivity index (χ4n) is 0.837. The molecule has 0 N–H and O–H groups in total. The summed E-state index contributed by atoms with van der Waals surface area (Å²) in [5.41, 5.74) is -0.109. The molecule has 0 saturated heterocycles. The van der Waals surface area contributed by atoms with Crippen molar-refractivity contribution < 1.29 is 4.79 Å². The molecule has 0 bridgehead atoms. The van der Waals surface area contributed by atoms with Crippen LogP contribution < -0.4 is 0 Å². The lowest BCUT2D eigenvalue weighted by Crippen LogP contribution is -2.20. The van der Waals surface area contributed by atoms with Crippen molar-refractivity contribution in [3.63, 3.8) is 0 Å². The van der Waals surface area contributed by atoms with E-state index >= 15 is 0 Å². The van der Waals surface area contributed by atoms with Crippen LogP contribution in [-0.2, 0) is 4.79 Å². The van der Waals surface area contributed by atoms with Crippen molar-refractivity contribution >= 4 is 21.7 Å². The van der Waals surface area contributed by atoms with Gasteiger partial charge in [-0.1, -0.05) is 36.2 Å². The van der Waals surface area contributed by atoms with Gasteiger partial charge in [-0.2, -0.15) is 0 Å². The summed E-state index contributed by atoms with van der Waals surface area (Å²) in [6, 6.07) is 0. The van der Waals surface area contributed by atoms with Crippen molar-refractivity contribution in [2.45, 2.75) is 40.0 Å². The van der Waals surface area contributed by atoms with Crippen molar-refractivity contribution in [1.82, 2.24) is 0 Å². The zero-order chi connectivity index (χ0) is 8.91. The Balaban J connectivity index is 3.64. The van der Waals surface area contributed by atoms with Gasteiger partial charge in [0.05, 0.1) is 0 Å². The van der Waals surface area contributed by atoms with E-state index in [9.17, 15) is 4.79 Å². The van der Waals surface area contributed by atoms with Gasteiger partial charge in [0.25, 0.3) is 0 Å². The Bertz CT molecular complexity index is 130. The molecular formula is C9H17BrO. The molecule has 0 fully saturated rings. The molecule has 0 atom stereocenters. The third-order valence-corrected chi connectivity index (χ3v) is 2.70. The van der Waals surface area contributed by atoms with E-state index in [1.54, 1.807) is 6.92 Å². The summed E-state index contributed by atoms with van der Waals surface area (Å²) in [7, 11) is 0. The highest BCUT2D eigenvalue weighted by Crippen LogP contribution is 2.24. The molecule has 0 radical (unpaired) electrons. The predicted molar refractivity (Wildman–Crippen MR) is 52.1 cm³/mol. The van der Waals surface area contributed by atoms with Crippen molar-refractivity contribution in [2.24, 2.45) is 5.41 Å². The zero-order valence-electron chi connectivity index (χ0n) is 7.61. The predicted octanol–water partition coefficient (Wildman–Crippen LogP) is 3.17. The Morgan fingerprint density at radius 1 is 1.36 bits per heavy atom. The van der Waals surface area contributed by atoms with Crippen molar-refractivity contribution in [3.8, 4) is 0 Å². The molecule has 2 heteroatoms. The largest absolute Gasteiger partial charge is 0.299 e. The maximum absolute atomic E-state index is 11.0. The summed E-state index contributed by atoms with van der Waals surface area (Å²) < 4.78 is 0. The van der Waals surface area contributed by atoms with Gasteiger partial charge in [0, 0.05) is 10.7 Å². The van der Waals surface area contributed by atoms with Crippen LogP contribution in [0.4, 0.5) is 0 Å². The third kappa shape index (κ3) is 4.57. The summed E-state index contributed by atoms with van der Waals surface area (Å²) in [6.45, 7) is 5.71. The topological polar surface area (TPSA) is 17.1 Å². The standard InChI is InChI=1S/C9H17BrO/c1-8(11)9(2,3)6-4-5-7-10/h4-7H2,1-3H3. The van der Waals surface area contributed by atoms with E-state index < -0.39 is 0 Å². The quantitative estimate of drug-likeness (QED) is 0.514. The van der Waals surface area contributed by atoms with Gasteiger partial charge in [-0.3, -0.25) is 4.79 Å². The molecule has 0 aromatic carbocycles. The Kier molecular flexibility index (Phi) is 4.98. The van der Waals surface area contributed by atoms with Crippen LogP contribution >= 0.6 is 15.9 Å². The first-order valence-corrected chi connectivity index (χ1v) is 5.20. The van der Waals surface area contributed by atoms with Crippen LogP contribution in [0.1, 0.15) is 40.0 Å². The normalized spacial score (nSPS) is 11.6. The molecule has 0 aliphatic heterocycles. The molecule has 0 amide bonds. The van der Waals surface area contributed by atoms with Crippen LogP contribution in [0, 0.1) is 5.41 Å². The van der Waals surface area contributed by atoms with Crippen LogP contribution in [0.2, 0.25) is 0 Å². The van der Waals surface area contributed by atoms with Crippen molar-refractivity contribution in [3.05, 3.63) is 0 Å². The second kappa shape index (κ2) is 4.91. The molecule has 0 saturated carbocycles. The van der Waals surface area contributed by atoms with Gasteiger partial charge in [0.15, 0.2) is 0 Å². The smallest absolute Gasteiger partial charge is 0.135 e. The average molecular weight is 221 g/mol. The number of Topliss-reactive ketones (excluding diaryl/α,β-unsaturated/α-hetero) is 1. The molecule has 0 spiro atoms. The van der Waals surface area contributed by atoms with Crippen molar-refractivity contribution in [1.29, 1.82) is 0 Å². The molecule has 66 valence electrons. The van der Waals surface area contributed by atoms with E-state index in [1.165, 1.54) is 0 Å². The van der Waals surface area contributed by atoms with E-state index in [1.807, 2.05) is 13.8 Å². The van der Waals surface area contributed by atoms with Gasteiger partial charge in [-0.05, 0) is 19.8 Å². The number of rotatable bonds is 5. The van der Waals surface area contributed by atoms with Gasteiger partial charge < -0.3 is 0 Å². The van der Waals surface area contributed by atoms with E-state index in [4.69, 9.17) is 0 Å². The molecule has 0 aliphatic rings. The lowest BCUT2D eigenvalue weighted by molar-refractivity contribution is -0.125. The van der Waals surface area contributed by atoms with Crippen LogP contribution in [0.3, 0.4) is 0 Å². The first kappa shape index (κ1) is 11.2. The minimum Gasteiger partial charge on any atom is -0.299 e. The third-order valence-electron chi connectivity index (χ3n) is 2.14. The molecular weight excluding hydrogens is 204 g/mol. The van der Waals surface area contributed by atoms with E-state index in [-0.39, 0.29) is 5.41 Å². The van der Waals surface area contributed by atoms with Crippen LogP contribution in [-0.4, -0.2) is 11.1 Å². The summed E-state index contributed by atoms with van der Waals surface area (Å²) in [6.07, 6.45) is 3.31. The summed E-state index contributed by atoms with van der Waals surface area (Å²) in [4.78, 5) is 11.0. The Morgan fingerprint density at radius 2 is 1.91 bits per heavy atom. The lowest BCUT2D eigenvalue weighted by Gasteiger charge is -2.20. The Morgan fingerprint density at radius 3 is 2.27 bits per heavy atom. The van der Waals surface area contributed by atoms with Gasteiger partial charge in [-0.25, -0.2) is 0 Å². The highest BCUT2D eigenvalue weighted by atomic mass is 79.9. The fourth-order valence-corrected chi connectivity index (χ4v) is 1.23. The number of halogens is 1. The molecule has 0 aromatic rings. The van der Waals surface area contributed by atoms with Gasteiger partial charge >= 0.3 is 0 Å². The monoisotopic (exact) mass is 220 g/mol. The van der Waals surface area contributed by atoms with Gasteiger partial charge in [-0.15, -0.1) is 0 Å². The SMILES string of the molecule is CC(=O)C(C)(C)CCCCBr. The van der Waals surface area contributed by atoms with Gasteiger partial charge in [0.2, 0.25) is 0 Å². The molecule has 0 heterocycles. The number of carbonyl (C=O) groups is 1. The van der Waals surface area contributed by atoms with Crippen LogP contribution in [0.5, 0.6) is 0 Å². The van der Waals surface area contributed by atoms with E-state index in [0.717, 1.165) is 24.6 Å². The number of hydrogen-bond donors (Lipinski definition) is 0. The molecule has 1 nitrogen and oxygen atoms in total. The first-order chi connectivity index (χ1) is 5.00. The molecule has 11 heavy (non-hydrogen) atoms. The molecule has 0 aromatic heterocycles. The van der Waals surface area contributed by atoms with Crippen LogP contribution in [0.15, 0.2) is 0 Å². The van der Waals surface area contributed by atoms with E-state index in [2.05, 4.69) is 15.9 Å². The van der Waals surface area contributed by atoms with Gasteiger partial charge in [0.1, 0.15) is 5.78 Å². The molecule has 0 rings (SSSR count). The number of unbranched alkanes of at least 4 members (excludes halogenated alkanes) is 1.